The van der Waals surface area contributed by atoms with E-state index in [-0.39, 0.29) is 0 Å². The first kappa shape index (κ1) is 14.1. The van der Waals surface area contributed by atoms with Crippen molar-refractivity contribution in [3.63, 3.8) is 0 Å². The molecule has 17 heavy (non-hydrogen) atoms. The SMILES string of the molecule is CCCc1nc(CN(C)C(C)(C)C(=O)O)cs1. The van der Waals surface area contributed by atoms with Crippen molar-refractivity contribution in [2.24, 2.45) is 0 Å². The normalized spacial score (nSPS) is 12.1. The standard InChI is InChI=1S/C12H20N2O2S/c1-5-6-10-13-9(8-17-10)7-14(4)12(2,3)11(15)16/h8H,5-7H2,1-4H3,(H,15,16). The zero-order chi connectivity index (χ0) is 13.1. The summed E-state index contributed by atoms with van der Waals surface area (Å²) in [5, 5.41) is 12.3. The van der Waals surface area contributed by atoms with Crippen LogP contribution in [-0.4, -0.2) is 33.5 Å². The van der Waals surface area contributed by atoms with E-state index >= 15 is 0 Å². The molecule has 96 valence electrons. The number of likely N-dealkylation sites (N-methyl/N-ethyl adjacent to an activating group) is 1. The van der Waals surface area contributed by atoms with Gasteiger partial charge in [-0.1, -0.05) is 6.92 Å². The Morgan fingerprint density at radius 3 is 2.76 bits per heavy atom. The van der Waals surface area contributed by atoms with Gasteiger partial charge in [0.2, 0.25) is 0 Å². The zero-order valence-corrected chi connectivity index (χ0v) is 11.7. The van der Waals surface area contributed by atoms with Crippen molar-refractivity contribution < 1.29 is 9.90 Å². The molecule has 0 radical (unpaired) electrons. The number of nitrogens with zero attached hydrogens (tertiary/aromatic N) is 2. The van der Waals surface area contributed by atoms with Gasteiger partial charge in [-0.05, 0) is 33.7 Å². The molecule has 1 aromatic rings. The number of aromatic nitrogens is 1. The fourth-order valence-corrected chi connectivity index (χ4v) is 2.25. The molecule has 0 saturated heterocycles. The van der Waals surface area contributed by atoms with E-state index in [1.54, 1.807) is 30.1 Å². The summed E-state index contributed by atoms with van der Waals surface area (Å²) in [5.74, 6) is -0.816. The van der Waals surface area contributed by atoms with Gasteiger partial charge in [-0.3, -0.25) is 9.69 Å². The molecule has 0 aliphatic rings. The predicted molar refractivity (Wildman–Crippen MR) is 69.3 cm³/mol. The van der Waals surface area contributed by atoms with E-state index in [4.69, 9.17) is 5.11 Å². The fraction of sp³-hybridized carbons (Fsp3) is 0.667. The van der Waals surface area contributed by atoms with Gasteiger partial charge in [0.25, 0.3) is 0 Å². The molecule has 0 bridgehead atoms. The average molecular weight is 256 g/mol. The summed E-state index contributed by atoms with van der Waals surface area (Å²) in [5.41, 5.74) is 0.0874. The molecule has 0 spiro atoms. The summed E-state index contributed by atoms with van der Waals surface area (Å²) in [4.78, 5) is 17.4. The van der Waals surface area contributed by atoms with Crippen LogP contribution in [0.3, 0.4) is 0 Å². The Hall–Kier alpha value is -0.940. The molecule has 0 fully saturated rings. The summed E-state index contributed by atoms with van der Waals surface area (Å²) in [6.07, 6.45) is 2.08. The summed E-state index contributed by atoms with van der Waals surface area (Å²) >= 11 is 1.65. The monoisotopic (exact) mass is 256 g/mol. The van der Waals surface area contributed by atoms with Gasteiger partial charge in [0, 0.05) is 11.9 Å². The minimum atomic E-state index is -0.867. The van der Waals surface area contributed by atoms with Crippen LogP contribution in [0.5, 0.6) is 0 Å². The van der Waals surface area contributed by atoms with Gasteiger partial charge >= 0.3 is 5.97 Å². The molecule has 0 unspecified atom stereocenters. The van der Waals surface area contributed by atoms with Crippen LogP contribution in [0.1, 0.15) is 37.9 Å². The van der Waals surface area contributed by atoms with Crippen LogP contribution in [-0.2, 0) is 17.8 Å². The maximum absolute atomic E-state index is 11.1. The summed E-state index contributed by atoms with van der Waals surface area (Å²) < 4.78 is 0. The fourth-order valence-electron chi connectivity index (χ4n) is 1.35. The number of carbonyl (C=O) groups is 1. The van der Waals surface area contributed by atoms with Crippen LogP contribution in [0.4, 0.5) is 0 Å². The number of hydrogen-bond acceptors (Lipinski definition) is 4. The first-order chi connectivity index (χ1) is 7.87. The van der Waals surface area contributed by atoms with Crippen molar-refractivity contribution in [2.75, 3.05) is 7.05 Å². The van der Waals surface area contributed by atoms with E-state index < -0.39 is 11.5 Å². The van der Waals surface area contributed by atoms with E-state index in [2.05, 4.69) is 11.9 Å². The van der Waals surface area contributed by atoms with Crippen LogP contribution in [0.15, 0.2) is 5.38 Å². The summed E-state index contributed by atoms with van der Waals surface area (Å²) in [7, 11) is 1.81. The first-order valence-electron chi connectivity index (χ1n) is 5.75. The topological polar surface area (TPSA) is 53.4 Å². The number of thiazole rings is 1. The molecule has 0 aliphatic carbocycles. The Morgan fingerprint density at radius 1 is 1.59 bits per heavy atom. The third-order valence-corrected chi connectivity index (χ3v) is 3.90. The molecule has 0 atom stereocenters. The molecule has 1 N–H and O–H groups in total. The van der Waals surface area contributed by atoms with Crippen molar-refractivity contribution in [3.05, 3.63) is 16.1 Å². The van der Waals surface area contributed by atoms with Crippen molar-refractivity contribution in [2.45, 2.75) is 45.7 Å². The maximum Gasteiger partial charge on any atom is 0.323 e. The van der Waals surface area contributed by atoms with Crippen molar-refractivity contribution in [1.29, 1.82) is 0 Å². The van der Waals surface area contributed by atoms with E-state index in [9.17, 15) is 4.79 Å². The highest BCUT2D eigenvalue weighted by Crippen LogP contribution is 2.18. The number of rotatable bonds is 6. The lowest BCUT2D eigenvalue weighted by Gasteiger charge is -2.30. The quantitative estimate of drug-likeness (QED) is 0.849. The lowest BCUT2D eigenvalue weighted by Crippen LogP contribution is -2.47. The number of carboxylic acid groups (broad SMARTS) is 1. The van der Waals surface area contributed by atoms with Crippen LogP contribution < -0.4 is 0 Å². The van der Waals surface area contributed by atoms with E-state index in [0.717, 1.165) is 23.5 Å². The molecule has 5 heteroatoms. The minimum Gasteiger partial charge on any atom is -0.480 e. The van der Waals surface area contributed by atoms with Gasteiger partial charge in [-0.25, -0.2) is 4.98 Å². The summed E-state index contributed by atoms with van der Waals surface area (Å²) in [6.45, 7) is 6.10. The van der Waals surface area contributed by atoms with Crippen molar-refractivity contribution >= 4 is 17.3 Å². The Balaban J connectivity index is 2.67. The molecular formula is C12H20N2O2S. The molecule has 1 rings (SSSR count). The highest BCUT2D eigenvalue weighted by atomic mass is 32.1. The van der Waals surface area contributed by atoms with Crippen LogP contribution in [0.25, 0.3) is 0 Å². The van der Waals surface area contributed by atoms with Crippen molar-refractivity contribution in [1.82, 2.24) is 9.88 Å². The highest BCUT2D eigenvalue weighted by molar-refractivity contribution is 7.09. The van der Waals surface area contributed by atoms with E-state index in [1.165, 1.54) is 0 Å². The molecule has 0 amide bonds. The number of hydrogen-bond donors (Lipinski definition) is 1. The number of aliphatic carboxylic acids is 1. The van der Waals surface area contributed by atoms with Gasteiger partial charge in [0.15, 0.2) is 0 Å². The van der Waals surface area contributed by atoms with Gasteiger partial charge in [-0.2, -0.15) is 0 Å². The Morgan fingerprint density at radius 2 is 2.24 bits per heavy atom. The molecule has 0 aliphatic heterocycles. The zero-order valence-electron chi connectivity index (χ0n) is 10.9. The lowest BCUT2D eigenvalue weighted by molar-refractivity contribution is -0.148. The molecule has 0 aromatic carbocycles. The largest absolute Gasteiger partial charge is 0.480 e. The second-order valence-electron chi connectivity index (χ2n) is 4.70. The first-order valence-corrected chi connectivity index (χ1v) is 6.63. The summed E-state index contributed by atoms with van der Waals surface area (Å²) in [6, 6.07) is 0. The Bertz CT molecular complexity index is 388. The minimum absolute atomic E-state index is 0.569. The molecule has 4 nitrogen and oxygen atoms in total. The molecule has 0 saturated carbocycles. The smallest absolute Gasteiger partial charge is 0.323 e. The predicted octanol–water partition coefficient (Wildman–Crippen LogP) is 2.39. The maximum atomic E-state index is 11.1. The Kier molecular flexibility index (Phi) is 4.65. The van der Waals surface area contributed by atoms with E-state index in [0.29, 0.717) is 6.54 Å². The van der Waals surface area contributed by atoms with E-state index in [1.807, 2.05) is 12.4 Å². The van der Waals surface area contributed by atoms with Crippen LogP contribution >= 0.6 is 11.3 Å². The highest BCUT2D eigenvalue weighted by Gasteiger charge is 2.32. The number of carboxylic acids is 1. The van der Waals surface area contributed by atoms with Gasteiger partial charge < -0.3 is 5.11 Å². The molecular weight excluding hydrogens is 236 g/mol. The van der Waals surface area contributed by atoms with Gasteiger partial charge in [0.1, 0.15) is 5.54 Å². The third kappa shape index (κ3) is 3.51. The average Bonchev–Trinajstić information content (AvgIpc) is 2.65. The molecule has 1 heterocycles. The lowest BCUT2D eigenvalue weighted by atomic mass is 10.0. The van der Waals surface area contributed by atoms with Gasteiger partial charge in [-0.15, -0.1) is 11.3 Å². The van der Waals surface area contributed by atoms with Crippen LogP contribution in [0.2, 0.25) is 0 Å². The number of aryl methyl sites for hydroxylation is 1. The second kappa shape index (κ2) is 5.60. The van der Waals surface area contributed by atoms with Crippen molar-refractivity contribution in [3.8, 4) is 0 Å². The molecule has 1 aromatic heterocycles. The van der Waals surface area contributed by atoms with Crippen LogP contribution in [0, 0.1) is 0 Å². The third-order valence-electron chi connectivity index (χ3n) is 2.94. The van der Waals surface area contributed by atoms with Gasteiger partial charge in [0.05, 0.1) is 10.7 Å². The Labute approximate surface area is 106 Å². The second-order valence-corrected chi connectivity index (χ2v) is 5.65.